The van der Waals surface area contributed by atoms with Gasteiger partial charge in [-0.3, -0.25) is 0 Å². The van der Waals surface area contributed by atoms with Gasteiger partial charge in [-0.1, -0.05) is 50.0 Å². The van der Waals surface area contributed by atoms with Gasteiger partial charge in [0.1, 0.15) is 0 Å². The van der Waals surface area contributed by atoms with Gasteiger partial charge in [-0.05, 0) is 26.2 Å². The second kappa shape index (κ2) is 13.9. The Hall–Kier alpha value is -2.14. The molecule has 0 fully saturated rings. The molecule has 28 heavy (non-hydrogen) atoms. The molecule has 0 atom stereocenters. The van der Waals surface area contributed by atoms with E-state index in [4.69, 9.17) is 24.1 Å². The van der Waals surface area contributed by atoms with Crippen LogP contribution in [0.3, 0.4) is 0 Å². The number of hydrogen-bond acceptors (Lipinski definition) is 5. The predicted molar refractivity (Wildman–Crippen MR) is 115 cm³/mol. The zero-order valence-electron chi connectivity index (χ0n) is 18.0. The van der Waals surface area contributed by atoms with Crippen molar-refractivity contribution in [1.82, 2.24) is 0 Å². The minimum Gasteiger partial charge on any atom is -0.492 e. The van der Waals surface area contributed by atoms with E-state index in [1.54, 1.807) is 28.4 Å². The van der Waals surface area contributed by atoms with Gasteiger partial charge in [0.15, 0.2) is 11.5 Å². The Labute approximate surface area is 170 Å². The van der Waals surface area contributed by atoms with E-state index in [-0.39, 0.29) is 0 Å². The van der Waals surface area contributed by atoms with Crippen molar-refractivity contribution in [3.8, 4) is 23.0 Å². The van der Waals surface area contributed by atoms with Crippen LogP contribution in [-0.4, -0.2) is 40.2 Å². The van der Waals surface area contributed by atoms with Crippen LogP contribution in [0.1, 0.15) is 56.1 Å². The quantitative estimate of drug-likeness (QED) is 0.343. The lowest BCUT2D eigenvalue weighted by Crippen LogP contribution is -2.02. The fraction of sp³-hybridized carbons (Fsp3) is 0.565. The molecule has 0 spiro atoms. The number of rotatable bonds is 14. The first-order valence-electron chi connectivity index (χ1n) is 9.96. The van der Waals surface area contributed by atoms with E-state index in [2.05, 4.69) is 12.2 Å². The van der Waals surface area contributed by atoms with E-state index in [1.807, 2.05) is 19.1 Å². The normalized spacial score (nSPS) is 11.4. The van der Waals surface area contributed by atoms with Gasteiger partial charge in [-0.2, -0.15) is 0 Å². The highest BCUT2D eigenvalue weighted by Crippen LogP contribution is 2.49. The molecular formula is C23H36O5. The van der Waals surface area contributed by atoms with Crippen LogP contribution in [0, 0.1) is 6.92 Å². The maximum atomic E-state index is 8.76. The number of benzene rings is 1. The van der Waals surface area contributed by atoms with Gasteiger partial charge in [0.25, 0.3) is 0 Å². The average molecular weight is 393 g/mol. The van der Waals surface area contributed by atoms with Crippen molar-refractivity contribution in [3.05, 3.63) is 29.4 Å². The third kappa shape index (κ3) is 6.79. The summed E-state index contributed by atoms with van der Waals surface area (Å²) in [5.41, 5.74) is 1.84. The Kier molecular flexibility index (Phi) is 11.9. The lowest BCUT2D eigenvalue weighted by atomic mass is 10.0. The van der Waals surface area contributed by atoms with Crippen LogP contribution in [0.25, 0.3) is 6.08 Å². The molecule has 0 heterocycles. The third-order valence-corrected chi connectivity index (χ3v) is 4.71. The summed E-state index contributed by atoms with van der Waals surface area (Å²) in [4.78, 5) is 0. The zero-order chi connectivity index (χ0) is 20.8. The van der Waals surface area contributed by atoms with Gasteiger partial charge in [0.2, 0.25) is 11.5 Å². The summed E-state index contributed by atoms with van der Waals surface area (Å²) in [5.74, 6) is 2.33. The van der Waals surface area contributed by atoms with Crippen molar-refractivity contribution in [2.75, 3.05) is 35.0 Å². The van der Waals surface area contributed by atoms with Gasteiger partial charge >= 0.3 is 0 Å². The maximum absolute atomic E-state index is 8.76. The first-order chi connectivity index (χ1) is 13.7. The molecule has 0 saturated carbocycles. The van der Waals surface area contributed by atoms with E-state index >= 15 is 0 Å². The van der Waals surface area contributed by atoms with Crippen molar-refractivity contribution in [2.45, 2.75) is 51.9 Å². The fourth-order valence-corrected chi connectivity index (χ4v) is 3.22. The summed E-state index contributed by atoms with van der Waals surface area (Å²) in [6.07, 6.45) is 16.3. The molecule has 0 aromatic heterocycles. The average Bonchev–Trinajstić information content (AvgIpc) is 2.71. The molecule has 0 aliphatic rings. The van der Waals surface area contributed by atoms with Crippen LogP contribution >= 0.6 is 0 Å². The Morgan fingerprint density at radius 3 is 1.79 bits per heavy atom. The topological polar surface area (TPSA) is 57.2 Å². The highest BCUT2D eigenvalue weighted by molar-refractivity contribution is 5.75. The molecule has 0 radical (unpaired) electrons. The van der Waals surface area contributed by atoms with E-state index in [9.17, 15) is 0 Å². The van der Waals surface area contributed by atoms with Crippen LogP contribution in [0.2, 0.25) is 0 Å². The molecule has 5 nitrogen and oxygen atoms in total. The van der Waals surface area contributed by atoms with Crippen LogP contribution < -0.4 is 18.9 Å². The van der Waals surface area contributed by atoms with E-state index in [0.717, 1.165) is 30.4 Å². The van der Waals surface area contributed by atoms with Gasteiger partial charge in [-0.25, -0.2) is 0 Å². The molecule has 0 amide bonds. The molecular weight excluding hydrogens is 356 g/mol. The van der Waals surface area contributed by atoms with Gasteiger partial charge < -0.3 is 24.1 Å². The molecule has 0 unspecified atom stereocenters. The summed E-state index contributed by atoms with van der Waals surface area (Å²) < 4.78 is 22.1. The largest absolute Gasteiger partial charge is 0.492 e. The van der Waals surface area contributed by atoms with Crippen LogP contribution in [-0.2, 0) is 0 Å². The van der Waals surface area contributed by atoms with Crippen LogP contribution in [0.15, 0.2) is 18.2 Å². The lowest BCUT2D eigenvalue weighted by molar-refractivity contribution is 0.282. The molecule has 1 aromatic rings. The second-order valence-electron chi connectivity index (χ2n) is 6.59. The van der Waals surface area contributed by atoms with E-state index in [1.165, 1.54) is 25.7 Å². The van der Waals surface area contributed by atoms with Gasteiger partial charge in [-0.15, -0.1) is 0 Å². The first-order valence-corrected chi connectivity index (χ1v) is 9.96. The number of allylic oxidation sites excluding steroid dienone is 3. The minimum absolute atomic E-state index is 0.311. The predicted octanol–water partition coefficient (Wildman–Crippen LogP) is 5.32. The lowest BCUT2D eigenvalue weighted by Gasteiger charge is -2.20. The maximum Gasteiger partial charge on any atom is 0.207 e. The monoisotopic (exact) mass is 392 g/mol. The number of aliphatic hydroxyl groups is 1. The summed E-state index contributed by atoms with van der Waals surface area (Å²) in [5, 5.41) is 8.76. The Balaban J connectivity index is 2.74. The molecule has 1 N–H and O–H groups in total. The number of aliphatic hydroxyl groups excluding tert-OH is 1. The molecule has 0 aliphatic carbocycles. The third-order valence-electron chi connectivity index (χ3n) is 4.71. The van der Waals surface area contributed by atoms with E-state index in [0.29, 0.717) is 29.6 Å². The molecule has 158 valence electrons. The van der Waals surface area contributed by atoms with Crippen molar-refractivity contribution in [3.63, 3.8) is 0 Å². The smallest absolute Gasteiger partial charge is 0.207 e. The second-order valence-corrected chi connectivity index (χ2v) is 6.59. The Morgan fingerprint density at radius 1 is 0.679 bits per heavy atom. The van der Waals surface area contributed by atoms with Crippen molar-refractivity contribution >= 4 is 6.08 Å². The Bertz CT molecular complexity index is 635. The highest BCUT2D eigenvalue weighted by Gasteiger charge is 2.23. The number of hydrogen-bond donors (Lipinski definition) is 1. The zero-order valence-corrected chi connectivity index (χ0v) is 18.0. The van der Waals surface area contributed by atoms with Crippen molar-refractivity contribution < 1.29 is 24.1 Å². The molecule has 5 heteroatoms. The summed E-state index contributed by atoms with van der Waals surface area (Å²) in [6.45, 7) is 2.29. The molecule has 0 saturated heterocycles. The SMILES string of the molecule is COc1c(C)c(/C=C\C=C/CCCCCCCCO)c(OC)c(OC)c1OC. The number of ether oxygens (including phenoxy) is 4. The summed E-state index contributed by atoms with van der Waals surface area (Å²) in [6, 6.07) is 0. The number of unbranched alkanes of at least 4 members (excludes halogenated alkanes) is 6. The van der Waals surface area contributed by atoms with Gasteiger partial charge in [0, 0.05) is 17.7 Å². The molecule has 0 aliphatic heterocycles. The number of methoxy groups -OCH3 is 4. The van der Waals surface area contributed by atoms with Gasteiger partial charge in [0.05, 0.1) is 28.4 Å². The fourth-order valence-electron chi connectivity index (χ4n) is 3.22. The minimum atomic E-state index is 0.311. The molecule has 1 aromatic carbocycles. The van der Waals surface area contributed by atoms with Crippen molar-refractivity contribution in [2.24, 2.45) is 0 Å². The molecule has 1 rings (SSSR count). The summed E-state index contributed by atoms with van der Waals surface area (Å²) in [7, 11) is 6.42. The van der Waals surface area contributed by atoms with E-state index < -0.39 is 0 Å². The first kappa shape index (κ1) is 23.9. The molecule has 0 bridgehead atoms. The van der Waals surface area contributed by atoms with Crippen LogP contribution in [0.5, 0.6) is 23.0 Å². The van der Waals surface area contributed by atoms with Crippen molar-refractivity contribution in [1.29, 1.82) is 0 Å². The Morgan fingerprint density at radius 2 is 1.21 bits per heavy atom. The summed E-state index contributed by atoms with van der Waals surface area (Å²) >= 11 is 0. The standard InChI is InChI=1S/C23H36O5/c1-18-19(16-14-12-10-8-6-7-9-11-13-15-17-24)21(26-3)23(28-5)22(27-4)20(18)25-2/h10,12,14,16,24H,6-9,11,13,15,17H2,1-5H3/b12-10-,16-14-. The van der Waals surface area contributed by atoms with Crippen LogP contribution in [0.4, 0.5) is 0 Å². The highest BCUT2D eigenvalue weighted by atomic mass is 16.5.